The third-order valence-corrected chi connectivity index (χ3v) is 7.86. The van der Waals surface area contributed by atoms with E-state index >= 15 is 0 Å². The number of piperazine rings is 1. The summed E-state index contributed by atoms with van der Waals surface area (Å²) in [5, 5.41) is 0. The molecule has 6 nitrogen and oxygen atoms in total. The van der Waals surface area contributed by atoms with Gasteiger partial charge >= 0.3 is 0 Å². The summed E-state index contributed by atoms with van der Waals surface area (Å²) in [6, 6.07) is 11.0. The number of benzene rings is 2. The predicted octanol–water partition coefficient (Wildman–Crippen LogP) is 3.42. The average Bonchev–Trinajstić information content (AvgIpc) is 2.73. The van der Waals surface area contributed by atoms with Gasteiger partial charge in [-0.2, -0.15) is 4.31 Å². The first-order chi connectivity index (χ1) is 14.6. The lowest BCUT2D eigenvalue weighted by Crippen LogP contribution is -2.50. The summed E-state index contributed by atoms with van der Waals surface area (Å²) in [6.45, 7) is 8.74. The minimum absolute atomic E-state index is 0.0365. The van der Waals surface area contributed by atoms with E-state index in [1.165, 1.54) is 4.31 Å². The van der Waals surface area contributed by atoms with E-state index in [2.05, 4.69) is 0 Å². The quantitative estimate of drug-likeness (QED) is 0.643. The normalized spacial score (nSPS) is 15.2. The van der Waals surface area contributed by atoms with Crippen molar-refractivity contribution < 1.29 is 18.0 Å². The Hall–Kier alpha value is -2.51. The van der Waals surface area contributed by atoms with Crippen molar-refractivity contribution in [1.82, 2.24) is 9.21 Å². The minimum Gasteiger partial charge on any atom is -0.340 e. The molecule has 1 fully saturated rings. The van der Waals surface area contributed by atoms with Gasteiger partial charge < -0.3 is 4.90 Å². The Kier molecular flexibility index (Phi) is 6.96. The number of ketones is 1. The average molecular weight is 443 g/mol. The number of amides is 1. The number of hydrogen-bond donors (Lipinski definition) is 0. The van der Waals surface area contributed by atoms with Gasteiger partial charge in [0.15, 0.2) is 5.78 Å². The van der Waals surface area contributed by atoms with Crippen LogP contribution >= 0.6 is 0 Å². The Morgan fingerprint density at radius 1 is 0.806 bits per heavy atom. The smallest absolute Gasteiger partial charge is 0.243 e. The summed E-state index contributed by atoms with van der Waals surface area (Å²) in [6.07, 6.45) is 0.292. The highest BCUT2D eigenvalue weighted by Crippen LogP contribution is 2.22. The third kappa shape index (κ3) is 5.22. The van der Waals surface area contributed by atoms with Crippen molar-refractivity contribution in [2.24, 2.45) is 0 Å². The highest BCUT2D eigenvalue weighted by atomic mass is 32.2. The Morgan fingerprint density at radius 2 is 1.42 bits per heavy atom. The first-order valence-electron chi connectivity index (χ1n) is 10.5. The molecule has 2 aromatic carbocycles. The van der Waals surface area contributed by atoms with Crippen molar-refractivity contribution >= 4 is 21.7 Å². The van der Waals surface area contributed by atoms with Crippen LogP contribution in [0, 0.1) is 27.7 Å². The van der Waals surface area contributed by atoms with E-state index in [0.29, 0.717) is 23.5 Å². The molecule has 0 atom stereocenters. The summed E-state index contributed by atoms with van der Waals surface area (Å²) >= 11 is 0. The number of Topliss-reactive ketones (excluding diaryl/α,β-unsaturated/α-hetero) is 1. The van der Waals surface area contributed by atoms with Crippen LogP contribution in [0.5, 0.6) is 0 Å². The standard InChI is InChI=1S/C24H30N2O4S/c1-17-6-9-23(20(4)15-17)31(29,30)26-13-11-25(12-14-26)24(28)10-8-22(27)21-16-18(2)5-7-19(21)3/h5-7,9,15-16H,8,10-14H2,1-4H3. The lowest BCUT2D eigenvalue weighted by Gasteiger charge is -2.34. The lowest BCUT2D eigenvalue weighted by molar-refractivity contribution is -0.132. The Labute approximate surface area is 184 Å². The van der Waals surface area contributed by atoms with Crippen LogP contribution in [0.1, 0.15) is 45.5 Å². The molecular weight excluding hydrogens is 412 g/mol. The molecule has 31 heavy (non-hydrogen) atoms. The van der Waals surface area contributed by atoms with Crippen LogP contribution in [-0.2, 0) is 14.8 Å². The van der Waals surface area contributed by atoms with E-state index < -0.39 is 10.0 Å². The van der Waals surface area contributed by atoms with Crippen LogP contribution in [0.2, 0.25) is 0 Å². The van der Waals surface area contributed by atoms with E-state index in [1.807, 2.05) is 45.0 Å². The first kappa shape index (κ1) is 23.2. The largest absolute Gasteiger partial charge is 0.340 e. The van der Waals surface area contributed by atoms with Crippen LogP contribution in [0.4, 0.5) is 0 Å². The molecule has 0 unspecified atom stereocenters. The van der Waals surface area contributed by atoms with Crippen molar-refractivity contribution in [2.75, 3.05) is 26.2 Å². The monoisotopic (exact) mass is 442 g/mol. The molecule has 3 rings (SSSR count). The second-order valence-corrected chi connectivity index (χ2v) is 10.2. The third-order valence-electron chi connectivity index (χ3n) is 5.80. The lowest BCUT2D eigenvalue weighted by atomic mass is 9.99. The van der Waals surface area contributed by atoms with Gasteiger partial charge in [0.25, 0.3) is 0 Å². The van der Waals surface area contributed by atoms with Gasteiger partial charge in [0.05, 0.1) is 4.90 Å². The van der Waals surface area contributed by atoms with Gasteiger partial charge in [-0.1, -0.05) is 35.4 Å². The number of carbonyl (C=O) groups excluding carboxylic acids is 2. The summed E-state index contributed by atoms with van der Waals surface area (Å²) in [5.41, 5.74) is 4.33. The zero-order valence-corrected chi connectivity index (χ0v) is 19.5. The maximum absolute atomic E-state index is 13.0. The highest BCUT2D eigenvalue weighted by molar-refractivity contribution is 7.89. The molecule has 1 aliphatic rings. The topological polar surface area (TPSA) is 74.8 Å². The minimum atomic E-state index is -3.59. The molecule has 0 saturated carbocycles. The van der Waals surface area contributed by atoms with Gasteiger partial charge in [-0.05, 0) is 51.0 Å². The molecule has 1 amide bonds. The summed E-state index contributed by atoms with van der Waals surface area (Å²) in [7, 11) is -3.59. The zero-order chi connectivity index (χ0) is 22.8. The molecule has 7 heteroatoms. The second-order valence-electron chi connectivity index (χ2n) is 8.30. The second kappa shape index (κ2) is 9.32. The van der Waals surface area contributed by atoms with Gasteiger partial charge in [0.2, 0.25) is 15.9 Å². The van der Waals surface area contributed by atoms with Crippen molar-refractivity contribution in [3.8, 4) is 0 Å². The van der Waals surface area contributed by atoms with E-state index in [-0.39, 0.29) is 37.6 Å². The van der Waals surface area contributed by atoms with E-state index in [4.69, 9.17) is 0 Å². The zero-order valence-electron chi connectivity index (χ0n) is 18.6. The maximum Gasteiger partial charge on any atom is 0.243 e. The van der Waals surface area contributed by atoms with Crippen LogP contribution in [-0.4, -0.2) is 55.5 Å². The first-order valence-corrected chi connectivity index (χ1v) is 12.0. The van der Waals surface area contributed by atoms with Gasteiger partial charge in [-0.3, -0.25) is 9.59 Å². The molecule has 0 radical (unpaired) electrons. The van der Waals surface area contributed by atoms with Crippen LogP contribution in [0.25, 0.3) is 0 Å². The van der Waals surface area contributed by atoms with Crippen LogP contribution in [0.3, 0.4) is 0 Å². The molecule has 0 spiro atoms. The Bertz CT molecular complexity index is 1100. The van der Waals surface area contributed by atoms with Gasteiger partial charge in [0, 0.05) is 44.6 Å². The van der Waals surface area contributed by atoms with Crippen LogP contribution in [0.15, 0.2) is 41.3 Å². The Morgan fingerprint density at radius 3 is 2.06 bits per heavy atom. The molecule has 0 bridgehead atoms. The summed E-state index contributed by atoms with van der Waals surface area (Å²) in [4.78, 5) is 27.1. The fourth-order valence-electron chi connectivity index (χ4n) is 3.96. The predicted molar refractivity (Wildman–Crippen MR) is 121 cm³/mol. The number of rotatable bonds is 6. The molecule has 0 aliphatic carbocycles. The van der Waals surface area contributed by atoms with Crippen molar-refractivity contribution in [1.29, 1.82) is 0 Å². The fourth-order valence-corrected chi connectivity index (χ4v) is 5.58. The van der Waals surface area contributed by atoms with Crippen molar-refractivity contribution in [2.45, 2.75) is 45.4 Å². The number of nitrogens with zero attached hydrogens (tertiary/aromatic N) is 2. The fraction of sp³-hybridized carbons (Fsp3) is 0.417. The molecule has 166 valence electrons. The number of carbonyl (C=O) groups is 2. The summed E-state index contributed by atoms with van der Waals surface area (Å²) < 4.78 is 27.5. The van der Waals surface area contributed by atoms with Gasteiger partial charge in [-0.15, -0.1) is 0 Å². The number of hydrogen-bond acceptors (Lipinski definition) is 4. The van der Waals surface area contributed by atoms with Crippen LogP contribution < -0.4 is 0 Å². The van der Waals surface area contributed by atoms with E-state index in [9.17, 15) is 18.0 Å². The van der Waals surface area contributed by atoms with Gasteiger partial charge in [-0.25, -0.2) is 8.42 Å². The number of aryl methyl sites for hydroxylation is 4. The SMILES string of the molecule is Cc1ccc(S(=O)(=O)N2CCN(C(=O)CCC(=O)c3cc(C)ccc3C)CC2)c(C)c1. The molecular formula is C24H30N2O4S. The van der Waals surface area contributed by atoms with Crippen molar-refractivity contribution in [3.05, 3.63) is 64.2 Å². The maximum atomic E-state index is 13.0. The molecule has 0 N–H and O–H groups in total. The number of sulfonamides is 1. The molecule has 1 aliphatic heterocycles. The Balaban J connectivity index is 1.57. The van der Waals surface area contributed by atoms with E-state index in [1.54, 1.807) is 24.0 Å². The van der Waals surface area contributed by atoms with Crippen molar-refractivity contribution in [3.63, 3.8) is 0 Å². The van der Waals surface area contributed by atoms with E-state index in [0.717, 1.165) is 22.3 Å². The molecule has 0 aromatic heterocycles. The molecule has 2 aromatic rings. The molecule has 1 heterocycles. The van der Waals surface area contributed by atoms with Gasteiger partial charge in [0.1, 0.15) is 0 Å². The highest BCUT2D eigenvalue weighted by Gasteiger charge is 2.31. The molecule has 1 saturated heterocycles. The summed E-state index contributed by atoms with van der Waals surface area (Å²) in [5.74, 6) is -0.146.